The minimum absolute atomic E-state index is 0.0889. The van der Waals surface area contributed by atoms with E-state index in [0.29, 0.717) is 6.07 Å². The maximum atomic E-state index is 13.6. The quantitative estimate of drug-likeness (QED) is 0.788. The van der Waals surface area contributed by atoms with E-state index >= 15 is 0 Å². The highest BCUT2D eigenvalue weighted by atomic mass is 19.4. The van der Waals surface area contributed by atoms with Crippen LogP contribution in [0.3, 0.4) is 0 Å². The van der Waals surface area contributed by atoms with Crippen molar-refractivity contribution in [2.24, 2.45) is 0 Å². The van der Waals surface area contributed by atoms with Crippen molar-refractivity contribution in [2.75, 3.05) is 20.1 Å². The van der Waals surface area contributed by atoms with Gasteiger partial charge in [-0.3, -0.25) is 4.90 Å². The zero-order valence-corrected chi connectivity index (χ0v) is 10.9. The molecule has 0 amide bonds. The first-order valence-electron chi connectivity index (χ1n) is 5.98. The predicted octanol–water partition coefficient (Wildman–Crippen LogP) is 2.91. The third kappa shape index (κ3) is 3.24. The predicted molar refractivity (Wildman–Crippen MR) is 63.0 cm³/mol. The lowest BCUT2D eigenvalue weighted by Gasteiger charge is -2.20. The summed E-state index contributed by atoms with van der Waals surface area (Å²) in [6, 6.07) is 3.99. The normalized spacial score (nSPS) is 22.0. The molecule has 1 aliphatic rings. The van der Waals surface area contributed by atoms with Crippen molar-refractivity contribution in [3.05, 3.63) is 29.3 Å². The lowest BCUT2D eigenvalue weighted by atomic mass is 10.1. The van der Waals surface area contributed by atoms with Gasteiger partial charge >= 0.3 is 6.18 Å². The molecule has 114 valence electrons. The number of nitrogens with zero attached hydrogens (tertiary/aromatic N) is 2. The maximum Gasteiger partial charge on any atom is 0.417 e. The Hall–Kier alpha value is -1.88. The minimum Gasteiger partial charge on any atom is -0.483 e. The maximum absolute atomic E-state index is 13.6. The van der Waals surface area contributed by atoms with Crippen molar-refractivity contribution in [3.63, 3.8) is 0 Å². The summed E-state index contributed by atoms with van der Waals surface area (Å²) in [6.07, 6.45) is -6.27. The zero-order chi connectivity index (χ0) is 15.8. The molecular weight excluding hydrogens is 295 g/mol. The number of likely N-dealkylation sites (N-methyl/N-ethyl adjacent to an activating group) is 1. The number of benzene rings is 1. The van der Waals surface area contributed by atoms with Crippen molar-refractivity contribution >= 4 is 0 Å². The van der Waals surface area contributed by atoms with Crippen LogP contribution in [0.15, 0.2) is 18.2 Å². The van der Waals surface area contributed by atoms with E-state index in [1.54, 1.807) is 0 Å². The molecule has 2 rings (SSSR count). The summed E-state index contributed by atoms with van der Waals surface area (Å²) in [4.78, 5) is 1.33. The Labute approximate surface area is 117 Å². The van der Waals surface area contributed by atoms with Crippen LogP contribution in [0.4, 0.5) is 22.0 Å². The van der Waals surface area contributed by atoms with Crippen LogP contribution in [-0.4, -0.2) is 37.1 Å². The molecule has 21 heavy (non-hydrogen) atoms. The van der Waals surface area contributed by atoms with Gasteiger partial charge in [0.25, 0.3) is 5.92 Å². The molecule has 0 radical (unpaired) electrons. The molecule has 0 spiro atoms. The number of alkyl halides is 5. The molecule has 0 N–H and O–H groups in total. The third-order valence-corrected chi connectivity index (χ3v) is 3.12. The molecule has 0 saturated carbocycles. The first kappa shape index (κ1) is 15.5. The van der Waals surface area contributed by atoms with Crippen LogP contribution in [0.25, 0.3) is 0 Å². The molecule has 1 saturated heterocycles. The van der Waals surface area contributed by atoms with Crippen molar-refractivity contribution < 1.29 is 26.7 Å². The van der Waals surface area contributed by atoms with Crippen LogP contribution in [0, 0.1) is 11.3 Å². The second-order valence-electron chi connectivity index (χ2n) is 4.88. The topological polar surface area (TPSA) is 36.3 Å². The molecule has 0 unspecified atom stereocenters. The summed E-state index contributed by atoms with van der Waals surface area (Å²) in [5.74, 6) is -3.47. The molecule has 0 aliphatic carbocycles. The van der Waals surface area contributed by atoms with Gasteiger partial charge in [0.15, 0.2) is 6.10 Å². The second-order valence-corrected chi connectivity index (χ2v) is 4.88. The summed E-state index contributed by atoms with van der Waals surface area (Å²) in [5, 5.41) is 8.66. The van der Waals surface area contributed by atoms with Crippen LogP contribution >= 0.6 is 0 Å². The summed E-state index contributed by atoms with van der Waals surface area (Å²) in [7, 11) is 1.47. The average molecular weight is 306 g/mol. The van der Waals surface area contributed by atoms with E-state index in [4.69, 9.17) is 10.00 Å². The number of nitriles is 1. The number of ether oxygens (including phenoxy) is 1. The highest BCUT2D eigenvalue weighted by molar-refractivity contribution is 5.44. The smallest absolute Gasteiger partial charge is 0.417 e. The minimum atomic E-state index is -4.75. The number of likely N-dealkylation sites (tertiary alicyclic amines) is 1. The van der Waals surface area contributed by atoms with Gasteiger partial charge in [0.05, 0.1) is 23.7 Å². The van der Waals surface area contributed by atoms with E-state index in [2.05, 4.69) is 0 Å². The fourth-order valence-corrected chi connectivity index (χ4v) is 2.16. The Morgan fingerprint density at radius 1 is 1.38 bits per heavy atom. The molecule has 1 fully saturated rings. The van der Waals surface area contributed by atoms with E-state index in [1.165, 1.54) is 18.0 Å². The van der Waals surface area contributed by atoms with Crippen molar-refractivity contribution in [3.8, 4) is 11.8 Å². The average Bonchev–Trinajstić information content (AvgIpc) is 2.61. The van der Waals surface area contributed by atoms with E-state index in [1.807, 2.05) is 0 Å². The van der Waals surface area contributed by atoms with Gasteiger partial charge in [-0.25, -0.2) is 8.78 Å². The molecule has 3 nitrogen and oxygen atoms in total. The van der Waals surface area contributed by atoms with Gasteiger partial charge in [-0.15, -0.1) is 0 Å². The SMILES string of the molecule is CN1C[C@H](Oc2ccc(C#N)c(C(F)(F)F)c2)C(F)(F)C1. The molecule has 1 aromatic carbocycles. The van der Waals surface area contributed by atoms with Gasteiger partial charge in [-0.2, -0.15) is 18.4 Å². The van der Waals surface area contributed by atoms with Crippen LogP contribution in [0.2, 0.25) is 0 Å². The fourth-order valence-electron chi connectivity index (χ4n) is 2.16. The summed E-state index contributed by atoms with van der Waals surface area (Å²) in [5.41, 5.74) is -1.78. The molecule has 8 heteroatoms. The number of halogens is 5. The molecule has 1 atom stereocenters. The number of rotatable bonds is 2. The number of hydrogen-bond acceptors (Lipinski definition) is 3. The lowest BCUT2D eigenvalue weighted by molar-refractivity contribution is -0.138. The summed E-state index contributed by atoms with van der Waals surface area (Å²) >= 11 is 0. The summed E-state index contributed by atoms with van der Waals surface area (Å²) < 4.78 is 70.5. The van der Waals surface area contributed by atoms with Crippen molar-refractivity contribution in [1.29, 1.82) is 5.26 Å². The largest absolute Gasteiger partial charge is 0.483 e. The Bertz CT molecular complexity index is 579. The lowest BCUT2D eigenvalue weighted by Crippen LogP contribution is -2.36. The number of hydrogen-bond donors (Lipinski definition) is 0. The van der Waals surface area contributed by atoms with Gasteiger partial charge in [-0.1, -0.05) is 0 Å². The van der Waals surface area contributed by atoms with Crippen molar-refractivity contribution in [1.82, 2.24) is 4.90 Å². The van der Waals surface area contributed by atoms with E-state index in [-0.39, 0.29) is 12.3 Å². The van der Waals surface area contributed by atoms with Gasteiger partial charge in [-0.05, 0) is 25.2 Å². The highest BCUT2D eigenvalue weighted by Crippen LogP contribution is 2.36. The highest BCUT2D eigenvalue weighted by Gasteiger charge is 2.48. The first-order chi connectivity index (χ1) is 9.63. The second kappa shape index (κ2) is 5.15. The molecular formula is C13H11F5N2O. The molecule has 0 aromatic heterocycles. The third-order valence-electron chi connectivity index (χ3n) is 3.12. The van der Waals surface area contributed by atoms with Gasteiger partial charge < -0.3 is 4.74 Å². The monoisotopic (exact) mass is 306 g/mol. The van der Waals surface area contributed by atoms with Gasteiger partial charge in [0, 0.05) is 6.54 Å². The molecule has 1 aliphatic heterocycles. The zero-order valence-electron chi connectivity index (χ0n) is 10.9. The Morgan fingerprint density at radius 3 is 2.52 bits per heavy atom. The van der Waals surface area contributed by atoms with Crippen LogP contribution in [0.1, 0.15) is 11.1 Å². The van der Waals surface area contributed by atoms with Gasteiger partial charge in [0.2, 0.25) is 0 Å². The first-order valence-corrected chi connectivity index (χ1v) is 5.98. The fraction of sp³-hybridized carbons (Fsp3) is 0.462. The summed E-state index contributed by atoms with van der Waals surface area (Å²) in [6.45, 7) is -0.603. The van der Waals surface area contributed by atoms with E-state index < -0.39 is 35.9 Å². The standard InChI is InChI=1S/C13H11F5N2O/c1-20-6-11(12(14,15)7-20)21-9-3-2-8(5-19)10(4-9)13(16,17)18/h2-4,11H,6-7H2,1H3/t11-/m0/s1. The molecule has 0 bridgehead atoms. The van der Waals surface area contributed by atoms with E-state index in [9.17, 15) is 22.0 Å². The Kier molecular flexibility index (Phi) is 3.80. The van der Waals surface area contributed by atoms with E-state index in [0.717, 1.165) is 12.1 Å². The molecule has 1 heterocycles. The Balaban J connectivity index is 2.28. The van der Waals surface area contributed by atoms with Crippen LogP contribution in [0.5, 0.6) is 5.75 Å². The Morgan fingerprint density at radius 2 is 2.05 bits per heavy atom. The molecule has 1 aromatic rings. The van der Waals surface area contributed by atoms with Crippen LogP contribution < -0.4 is 4.74 Å². The van der Waals surface area contributed by atoms with Gasteiger partial charge in [0.1, 0.15) is 5.75 Å². The van der Waals surface area contributed by atoms with Crippen molar-refractivity contribution in [2.45, 2.75) is 18.2 Å². The van der Waals surface area contributed by atoms with Crippen LogP contribution in [-0.2, 0) is 6.18 Å².